The first kappa shape index (κ1) is 34.4. The summed E-state index contributed by atoms with van der Waals surface area (Å²) in [6.07, 6.45) is 3.07. The zero-order valence-electron chi connectivity index (χ0n) is 28.2. The van der Waals surface area contributed by atoms with E-state index in [-0.39, 0.29) is 35.7 Å². The summed E-state index contributed by atoms with van der Waals surface area (Å²) >= 11 is 0. The fourth-order valence-electron chi connectivity index (χ4n) is 7.29. The van der Waals surface area contributed by atoms with Gasteiger partial charge in [-0.05, 0) is 52.6 Å². The zero-order chi connectivity index (χ0) is 34.4. The first-order valence-corrected chi connectivity index (χ1v) is 16.9. The summed E-state index contributed by atoms with van der Waals surface area (Å²) in [5.41, 5.74) is 6.81. The van der Waals surface area contributed by atoms with Gasteiger partial charge in [-0.3, -0.25) is 19.2 Å². The first-order chi connectivity index (χ1) is 22.1. The van der Waals surface area contributed by atoms with Crippen LogP contribution in [0.4, 0.5) is 4.79 Å². The van der Waals surface area contributed by atoms with Gasteiger partial charge in [-0.25, -0.2) is 9.59 Å². The minimum atomic E-state index is -1.10. The molecule has 5 N–H and O–H groups in total. The second-order valence-electron chi connectivity index (χ2n) is 15.4. The number of fused-ring (bicyclic) bond motifs is 2. The summed E-state index contributed by atoms with van der Waals surface area (Å²) in [5, 5.41) is 8.27. The number of rotatable bonds is 12. The third-order valence-corrected chi connectivity index (χ3v) is 10.3. The van der Waals surface area contributed by atoms with E-state index in [2.05, 4.69) is 16.0 Å². The second-order valence-corrected chi connectivity index (χ2v) is 15.4. The van der Waals surface area contributed by atoms with E-state index in [4.69, 9.17) is 10.5 Å². The molecule has 1 aromatic rings. The summed E-state index contributed by atoms with van der Waals surface area (Å²) in [7, 11) is 0. The fourth-order valence-corrected chi connectivity index (χ4v) is 7.29. The van der Waals surface area contributed by atoms with Crippen LogP contribution in [0.1, 0.15) is 71.9 Å². The van der Waals surface area contributed by atoms with Crippen molar-refractivity contribution in [1.29, 1.82) is 0 Å². The topological polar surface area (TPSA) is 177 Å². The summed E-state index contributed by atoms with van der Waals surface area (Å²) in [6, 6.07) is 3.38. The van der Waals surface area contributed by atoms with Crippen molar-refractivity contribution in [3.8, 4) is 0 Å². The number of nitrogens with one attached hydrogen (secondary N) is 3. The highest BCUT2D eigenvalue weighted by molar-refractivity contribution is 6.37. The number of carbonyl (C=O) groups is 6. The molecule has 2 saturated carbocycles. The average molecular weight is 652 g/mol. The lowest BCUT2D eigenvalue weighted by Crippen LogP contribution is -2.62. The molecule has 1 saturated heterocycles. The van der Waals surface area contributed by atoms with Crippen molar-refractivity contribution in [2.45, 2.75) is 104 Å². The molecule has 12 heteroatoms. The van der Waals surface area contributed by atoms with Gasteiger partial charge in [0, 0.05) is 19.4 Å². The molecule has 47 heavy (non-hydrogen) atoms. The lowest BCUT2D eigenvalue weighted by atomic mass is 9.85. The molecule has 0 aromatic heterocycles. The maximum Gasteiger partial charge on any atom is 0.329 e. The van der Waals surface area contributed by atoms with Crippen molar-refractivity contribution in [2.24, 2.45) is 40.7 Å². The Morgan fingerprint density at radius 2 is 1.60 bits per heavy atom. The number of benzene rings is 1. The van der Waals surface area contributed by atoms with Gasteiger partial charge in [0.15, 0.2) is 0 Å². The maximum absolute atomic E-state index is 14.2. The molecule has 0 bridgehead atoms. The summed E-state index contributed by atoms with van der Waals surface area (Å²) in [6.45, 7) is 11.4. The molecule has 4 aliphatic rings. The molecule has 2 unspecified atom stereocenters. The Kier molecular flexibility index (Phi) is 9.71. The minimum Gasteiger partial charge on any atom is -0.460 e. The van der Waals surface area contributed by atoms with Crippen LogP contribution in [0.3, 0.4) is 0 Å². The third-order valence-electron chi connectivity index (χ3n) is 10.3. The number of ether oxygens (including phenoxy) is 1. The number of nitrogens with zero attached hydrogens (tertiary/aromatic N) is 1. The molecule has 3 fully saturated rings. The smallest absolute Gasteiger partial charge is 0.329 e. The monoisotopic (exact) mass is 651 g/mol. The van der Waals surface area contributed by atoms with Gasteiger partial charge in [0.2, 0.25) is 17.6 Å². The van der Waals surface area contributed by atoms with Crippen molar-refractivity contribution >= 4 is 35.5 Å². The molecular weight excluding hydrogens is 602 g/mol. The Labute approximate surface area is 276 Å². The molecule has 0 radical (unpaired) electrons. The van der Waals surface area contributed by atoms with Gasteiger partial charge >= 0.3 is 12.0 Å². The van der Waals surface area contributed by atoms with E-state index in [0.29, 0.717) is 25.8 Å². The van der Waals surface area contributed by atoms with Crippen LogP contribution in [0.2, 0.25) is 0 Å². The van der Waals surface area contributed by atoms with Crippen LogP contribution in [0.15, 0.2) is 24.3 Å². The van der Waals surface area contributed by atoms with Crippen LogP contribution in [-0.4, -0.2) is 77.2 Å². The molecule has 5 rings (SSSR count). The Bertz CT molecular complexity index is 1410. The molecule has 0 spiro atoms. The van der Waals surface area contributed by atoms with E-state index in [1.54, 1.807) is 0 Å². The highest BCUT2D eigenvalue weighted by atomic mass is 16.5. The molecule has 1 aromatic carbocycles. The number of hydrogen-bond acceptors (Lipinski definition) is 7. The van der Waals surface area contributed by atoms with Crippen LogP contribution in [0.25, 0.3) is 0 Å². The van der Waals surface area contributed by atoms with E-state index in [1.807, 2.05) is 65.8 Å². The normalized spacial score (nSPS) is 25.2. The van der Waals surface area contributed by atoms with Crippen LogP contribution in [-0.2, 0) is 41.6 Å². The lowest BCUT2D eigenvalue weighted by molar-refractivity contribution is -0.152. The van der Waals surface area contributed by atoms with E-state index < -0.39 is 65.1 Å². The number of ketones is 1. The Balaban J connectivity index is 1.25. The van der Waals surface area contributed by atoms with Crippen molar-refractivity contribution in [3.05, 3.63) is 35.4 Å². The molecule has 1 aliphatic heterocycles. The largest absolute Gasteiger partial charge is 0.460 e. The van der Waals surface area contributed by atoms with Crippen molar-refractivity contribution in [1.82, 2.24) is 20.9 Å². The Hall–Kier alpha value is -3.96. The summed E-state index contributed by atoms with van der Waals surface area (Å²) < 4.78 is 5.82. The zero-order valence-corrected chi connectivity index (χ0v) is 28.2. The number of urea groups is 1. The predicted molar refractivity (Wildman–Crippen MR) is 172 cm³/mol. The van der Waals surface area contributed by atoms with E-state index in [0.717, 1.165) is 24.0 Å². The molecule has 12 nitrogen and oxygen atoms in total. The number of carbonyl (C=O) groups excluding carboxylic acids is 6. The summed E-state index contributed by atoms with van der Waals surface area (Å²) in [5.74, 6) is -3.23. The molecule has 1 heterocycles. The third kappa shape index (κ3) is 7.62. The minimum absolute atomic E-state index is 0.0968. The van der Waals surface area contributed by atoms with Gasteiger partial charge in [0.1, 0.15) is 24.2 Å². The highest BCUT2D eigenvalue weighted by Crippen LogP contribution is 2.55. The van der Waals surface area contributed by atoms with Gasteiger partial charge in [0.25, 0.3) is 5.91 Å². The predicted octanol–water partition coefficient (Wildman–Crippen LogP) is 1.87. The molecule has 5 amide bonds. The van der Waals surface area contributed by atoms with E-state index >= 15 is 0 Å². The number of hydrogen-bond donors (Lipinski definition) is 4. The number of nitrogens with two attached hydrogens (primary N) is 1. The molecular formula is C35H49N5O7. The van der Waals surface area contributed by atoms with Crippen molar-refractivity contribution in [3.63, 3.8) is 0 Å². The van der Waals surface area contributed by atoms with Crippen LogP contribution in [0, 0.1) is 35.0 Å². The van der Waals surface area contributed by atoms with Crippen LogP contribution >= 0.6 is 0 Å². The van der Waals surface area contributed by atoms with Crippen LogP contribution in [0.5, 0.6) is 0 Å². The molecule has 7 atom stereocenters. The average Bonchev–Trinajstić information content (AvgIpc) is 3.81. The van der Waals surface area contributed by atoms with Gasteiger partial charge in [-0.1, -0.05) is 78.6 Å². The van der Waals surface area contributed by atoms with Gasteiger partial charge in [0.05, 0.1) is 6.04 Å². The SMILES string of the molecule is CC(C)[C@H](NC(=O)N[C@H](C(=O)N1C[C@@H]2C(C)[C@@H]2[C@H]1C(=O)NC(CC1CC1)C(=O)C(N)=O)C(C)(C)C)C(=O)OC1Cc2ccccc2C1. The van der Waals surface area contributed by atoms with Crippen LogP contribution < -0.4 is 21.7 Å². The molecule has 256 valence electrons. The Morgan fingerprint density at radius 3 is 2.13 bits per heavy atom. The second kappa shape index (κ2) is 13.3. The maximum atomic E-state index is 14.2. The lowest BCUT2D eigenvalue weighted by Gasteiger charge is -2.37. The Morgan fingerprint density at radius 1 is 0.979 bits per heavy atom. The molecule has 3 aliphatic carbocycles. The highest BCUT2D eigenvalue weighted by Gasteiger charge is 2.63. The number of esters is 1. The summed E-state index contributed by atoms with van der Waals surface area (Å²) in [4.78, 5) is 80.4. The number of piperidine rings is 1. The number of likely N-dealkylation sites (tertiary alicyclic amines) is 1. The number of primary amides is 1. The standard InChI is InChI=1S/C35H49N5O7/c1-17(2)26(33(45)47-22-14-20-9-7-8-10-21(20)15-22)38-34(46)39-29(35(4,5)6)32(44)40-16-23-18(3)25(23)27(40)31(43)37-24(13-19-11-12-19)28(41)30(36)42/h7-10,17-19,22-27,29H,11-16H2,1-6H3,(H2,36,42)(H,37,43)(H2,38,39,46)/t18?,23-,24?,25+,26+,27+,29-/m1/s1. The van der Waals surface area contributed by atoms with Crippen molar-refractivity contribution in [2.75, 3.05) is 6.54 Å². The van der Waals surface area contributed by atoms with Gasteiger partial charge in [-0.2, -0.15) is 0 Å². The van der Waals surface area contributed by atoms with Crippen molar-refractivity contribution < 1.29 is 33.5 Å². The van der Waals surface area contributed by atoms with E-state index in [1.165, 1.54) is 4.90 Å². The van der Waals surface area contributed by atoms with E-state index in [9.17, 15) is 28.8 Å². The number of Topliss-reactive ketones (excluding diaryl/α,β-unsaturated/α-hetero) is 1. The fraction of sp³-hybridized carbons (Fsp3) is 0.657. The number of amides is 5. The first-order valence-electron chi connectivity index (χ1n) is 16.9. The van der Waals surface area contributed by atoms with Gasteiger partial charge in [-0.15, -0.1) is 0 Å². The van der Waals surface area contributed by atoms with Gasteiger partial charge < -0.3 is 31.3 Å². The quantitative estimate of drug-likeness (QED) is 0.197.